The number of aromatic carboxylic acids is 1. The summed E-state index contributed by atoms with van der Waals surface area (Å²) in [5.41, 5.74) is -0.0499. The molecule has 0 aliphatic carbocycles. The number of carboxylic acids is 1. The molecule has 0 aliphatic heterocycles. The van der Waals surface area contributed by atoms with Gasteiger partial charge in [0, 0.05) is 10.0 Å². The van der Waals surface area contributed by atoms with E-state index in [0.717, 1.165) is 6.07 Å². The van der Waals surface area contributed by atoms with Crippen molar-refractivity contribution in [3.63, 3.8) is 0 Å². The molecular formula is C14H8BrClFNO3. The Morgan fingerprint density at radius 3 is 2.38 bits per heavy atom. The Morgan fingerprint density at radius 2 is 1.81 bits per heavy atom. The highest BCUT2D eigenvalue weighted by Gasteiger charge is 2.13. The first-order valence-corrected chi connectivity index (χ1v) is 6.85. The lowest BCUT2D eigenvalue weighted by Gasteiger charge is -2.08. The predicted molar refractivity (Wildman–Crippen MR) is 80.5 cm³/mol. The van der Waals surface area contributed by atoms with Crippen LogP contribution in [0.25, 0.3) is 0 Å². The molecule has 2 rings (SSSR count). The molecule has 0 radical (unpaired) electrons. The molecule has 1 amide bonds. The number of rotatable bonds is 3. The van der Waals surface area contributed by atoms with Gasteiger partial charge in [-0.05, 0) is 52.3 Å². The smallest absolute Gasteiger partial charge is 0.335 e. The molecule has 108 valence electrons. The van der Waals surface area contributed by atoms with Crippen molar-refractivity contribution in [1.82, 2.24) is 0 Å². The molecule has 21 heavy (non-hydrogen) atoms. The summed E-state index contributed by atoms with van der Waals surface area (Å²) in [4.78, 5) is 22.7. The molecule has 2 aromatic carbocycles. The molecule has 2 aromatic rings. The number of anilines is 1. The van der Waals surface area contributed by atoms with Gasteiger partial charge >= 0.3 is 5.97 Å². The minimum absolute atomic E-state index is 0.107. The van der Waals surface area contributed by atoms with Crippen LogP contribution in [0.2, 0.25) is 5.02 Å². The topological polar surface area (TPSA) is 66.4 Å². The van der Waals surface area contributed by atoms with Crippen LogP contribution in [0, 0.1) is 5.82 Å². The zero-order valence-electron chi connectivity index (χ0n) is 10.4. The van der Waals surface area contributed by atoms with Gasteiger partial charge in [0.25, 0.3) is 5.91 Å². The fraction of sp³-hybridized carbons (Fsp3) is 0. The van der Waals surface area contributed by atoms with Crippen LogP contribution >= 0.6 is 27.5 Å². The van der Waals surface area contributed by atoms with Crippen molar-refractivity contribution in [2.75, 3.05) is 5.32 Å². The van der Waals surface area contributed by atoms with Gasteiger partial charge in [0.1, 0.15) is 5.82 Å². The van der Waals surface area contributed by atoms with Crippen LogP contribution in [0.15, 0.2) is 40.9 Å². The van der Waals surface area contributed by atoms with Crippen molar-refractivity contribution >= 4 is 45.1 Å². The fourth-order valence-corrected chi connectivity index (χ4v) is 2.01. The van der Waals surface area contributed by atoms with Crippen molar-refractivity contribution in [2.45, 2.75) is 0 Å². The molecule has 0 saturated heterocycles. The number of carbonyl (C=O) groups excluding carboxylic acids is 1. The first-order chi connectivity index (χ1) is 9.88. The summed E-state index contributed by atoms with van der Waals surface area (Å²) in [6.07, 6.45) is 0. The molecule has 0 fully saturated rings. The third kappa shape index (κ3) is 3.59. The van der Waals surface area contributed by atoms with E-state index in [-0.39, 0.29) is 16.8 Å². The third-order valence-electron chi connectivity index (χ3n) is 2.65. The Hall–Kier alpha value is -1.92. The second kappa shape index (κ2) is 6.24. The standard InChI is InChI=1S/C14H8BrClFNO3/c15-9-3-1-7(5-10(9)16)13(19)18-12-4-2-8(14(20)21)6-11(12)17/h1-6H,(H,18,19)(H,20,21). The van der Waals surface area contributed by atoms with Gasteiger partial charge in [-0.15, -0.1) is 0 Å². The largest absolute Gasteiger partial charge is 0.478 e. The normalized spacial score (nSPS) is 10.2. The molecule has 0 atom stereocenters. The van der Waals surface area contributed by atoms with E-state index in [1.54, 1.807) is 6.07 Å². The van der Waals surface area contributed by atoms with Gasteiger partial charge in [-0.1, -0.05) is 11.6 Å². The highest BCUT2D eigenvalue weighted by atomic mass is 79.9. The Balaban J connectivity index is 2.23. The molecular weight excluding hydrogens is 365 g/mol. The molecule has 2 N–H and O–H groups in total. The van der Waals surface area contributed by atoms with E-state index in [2.05, 4.69) is 21.2 Å². The molecule has 0 aromatic heterocycles. The third-order valence-corrected chi connectivity index (χ3v) is 3.88. The van der Waals surface area contributed by atoms with Crippen molar-refractivity contribution in [3.8, 4) is 0 Å². The quantitative estimate of drug-likeness (QED) is 0.849. The van der Waals surface area contributed by atoms with Gasteiger partial charge in [-0.3, -0.25) is 4.79 Å². The lowest BCUT2D eigenvalue weighted by molar-refractivity contribution is 0.0696. The van der Waals surface area contributed by atoms with Crippen LogP contribution in [0.4, 0.5) is 10.1 Å². The molecule has 0 unspecified atom stereocenters. The first kappa shape index (κ1) is 15.5. The first-order valence-electron chi connectivity index (χ1n) is 5.67. The Labute approximate surface area is 132 Å². The minimum Gasteiger partial charge on any atom is -0.478 e. The highest BCUT2D eigenvalue weighted by molar-refractivity contribution is 9.10. The maximum atomic E-state index is 13.7. The SMILES string of the molecule is O=C(O)c1ccc(NC(=O)c2ccc(Br)c(Cl)c2)c(F)c1. The van der Waals surface area contributed by atoms with Crippen molar-refractivity contribution < 1.29 is 19.1 Å². The van der Waals surface area contributed by atoms with Crippen molar-refractivity contribution in [3.05, 3.63) is 62.8 Å². The number of benzene rings is 2. The number of nitrogens with one attached hydrogen (secondary N) is 1. The highest BCUT2D eigenvalue weighted by Crippen LogP contribution is 2.24. The molecule has 0 aliphatic rings. The average Bonchev–Trinajstić information content (AvgIpc) is 2.43. The summed E-state index contributed by atoms with van der Waals surface area (Å²) in [6.45, 7) is 0. The Bertz CT molecular complexity index is 736. The minimum atomic E-state index is -1.24. The fourth-order valence-electron chi connectivity index (χ4n) is 1.58. The van der Waals surface area contributed by atoms with E-state index in [1.807, 2.05) is 0 Å². The summed E-state index contributed by atoms with van der Waals surface area (Å²) in [6, 6.07) is 7.79. The number of carboxylic acid groups (broad SMARTS) is 1. The molecule has 0 bridgehead atoms. The Morgan fingerprint density at radius 1 is 1.14 bits per heavy atom. The summed E-state index contributed by atoms with van der Waals surface area (Å²) in [7, 11) is 0. The van der Waals surface area contributed by atoms with Crippen LogP contribution in [0.1, 0.15) is 20.7 Å². The van der Waals surface area contributed by atoms with Gasteiger partial charge in [0.2, 0.25) is 0 Å². The van der Waals surface area contributed by atoms with E-state index in [4.69, 9.17) is 16.7 Å². The maximum absolute atomic E-state index is 13.7. The Kier molecular flexibility index (Phi) is 4.59. The van der Waals surface area contributed by atoms with E-state index in [0.29, 0.717) is 9.50 Å². The zero-order chi connectivity index (χ0) is 15.6. The summed E-state index contributed by atoms with van der Waals surface area (Å²) in [5, 5.41) is 11.5. The molecule has 0 spiro atoms. The molecule has 0 saturated carbocycles. The average molecular weight is 373 g/mol. The molecule has 0 heterocycles. The summed E-state index contributed by atoms with van der Waals surface area (Å²) >= 11 is 9.08. The van der Waals surface area contributed by atoms with Gasteiger partial charge in [-0.2, -0.15) is 0 Å². The zero-order valence-corrected chi connectivity index (χ0v) is 12.7. The van der Waals surface area contributed by atoms with Crippen LogP contribution in [-0.2, 0) is 0 Å². The molecule has 4 nitrogen and oxygen atoms in total. The van der Waals surface area contributed by atoms with Crippen LogP contribution in [-0.4, -0.2) is 17.0 Å². The van der Waals surface area contributed by atoms with Gasteiger partial charge in [0.05, 0.1) is 16.3 Å². The van der Waals surface area contributed by atoms with E-state index >= 15 is 0 Å². The lowest BCUT2D eigenvalue weighted by Crippen LogP contribution is -2.13. The van der Waals surface area contributed by atoms with Gasteiger partial charge in [-0.25, -0.2) is 9.18 Å². The van der Waals surface area contributed by atoms with E-state index < -0.39 is 17.7 Å². The number of amides is 1. The lowest BCUT2D eigenvalue weighted by atomic mass is 10.1. The number of halogens is 3. The second-order valence-corrected chi connectivity index (χ2v) is 5.34. The van der Waals surface area contributed by atoms with Crippen LogP contribution in [0.5, 0.6) is 0 Å². The van der Waals surface area contributed by atoms with Crippen molar-refractivity contribution in [2.24, 2.45) is 0 Å². The number of hydrogen-bond acceptors (Lipinski definition) is 2. The van der Waals surface area contributed by atoms with E-state index in [9.17, 15) is 14.0 Å². The second-order valence-electron chi connectivity index (χ2n) is 4.08. The van der Waals surface area contributed by atoms with Crippen LogP contribution in [0.3, 0.4) is 0 Å². The van der Waals surface area contributed by atoms with E-state index in [1.165, 1.54) is 24.3 Å². The predicted octanol–water partition coefficient (Wildman–Crippen LogP) is 4.19. The monoisotopic (exact) mass is 371 g/mol. The maximum Gasteiger partial charge on any atom is 0.335 e. The summed E-state index contributed by atoms with van der Waals surface area (Å²) < 4.78 is 14.4. The number of carbonyl (C=O) groups is 2. The molecule has 7 heteroatoms. The van der Waals surface area contributed by atoms with Crippen molar-refractivity contribution in [1.29, 1.82) is 0 Å². The van der Waals surface area contributed by atoms with Crippen LogP contribution < -0.4 is 5.32 Å². The van der Waals surface area contributed by atoms with Gasteiger partial charge in [0.15, 0.2) is 0 Å². The van der Waals surface area contributed by atoms with Gasteiger partial charge < -0.3 is 10.4 Å². The summed E-state index contributed by atoms with van der Waals surface area (Å²) in [5.74, 6) is -2.62. The number of hydrogen-bond donors (Lipinski definition) is 2.